The van der Waals surface area contributed by atoms with Crippen LogP contribution < -0.4 is 16.8 Å². The van der Waals surface area contributed by atoms with E-state index in [4.69, 9.17) is 11.5 Å². The van der Waals surface area contributed by atoms with Crippen molar-refractivity contribution in [3.8, 4) is 5.82 Å². The van der Waals surface area contributed by atoms with Crippen molar-refractivity contribution in [3.05, 3.63) is 60.6 Å². The van der Waals surface area contributed by atoms with E-state index in [2.05, 4.69) is 25.3 Å². The Bertz CT molecular complexity index is 1110. The number of rotatable bonds is 4. The highest BCUT2D eigenvalue weighted by Gasteiger charge is 2.20. The number of benzene rings is 1. The summed E-state index contributed by atoms with van der Waals surface area (Å²) in [5.74, 6) is 1.55. The van der Waals surface area contributed by atoms with Gasteiger partial charge in [-0.2, -0.15) is 0 Å². The largest absolute Gasteiger partial charge is 0.393 e. The van der Waals surface area contributed by atoms with Crippen LogP contribution in [0.5, 0.6) is 0 Å². The van der Waals surface area contributed by atoms with E-state index < -0.39 is 0 Å². The molecule has 4 rings (SSSR count). The van der Waals surface area contributed by atoms with Crippen molar-refractivity contribution >= 4 is 28.4 Å². The zero-order valence-corrected chi connectivity index (χ0v) is 14.5. The lowest BCUT2D eigenvalue weighted by molar-refractivity contribution is 0.629. The van der Waals surface area contributed by atoms with Crippen molar-refractivity contribution in [1.82, 2.24) is 24.5 Å². The summed E-state index contributed by atoms with van der Waals surface area (Å²) < 4.78 is 15.6. The van der Waals surface area contributed by atoms with Gasteiger partial charge in [-0.25, -0.2) is 24.3 Å². The molecule has 5 N–H and O–H groups in total. The molecule has 9 heteroatoms. The maximum absolute atomic E-state index is 13.7. The van der Waals surface area contributed by atoms with Crippen molar-refractivity contribution in [3.63, 3.8) is 0 Å². The molecule has 0 spiro atoms. The van der Waals surface area contributed by atoms with E-state index in [-0.39, 0.29) is 23.4 Å². The third-order valence-electron chi connectivity index (χ3n) is 4.18. The van der Waals surface area contributed by atoms with Crippen molar-refractivity contribution in [2.24, 2.45) is 0 Å². The molecule has 4 aromatic rings. The maximum atomic E-state index is 13.7. The molecule has 0 aliphatic rings. The SMILES string of the molecule is C[C@@H](Nc1ncnc(N)c1N)c1nc2cc(F)ccc2n1-c1ccccn1. The minimum atomic E-state index is -0.354. The second-order valence-corrected chi connectivity index (χ2v) is 6.01. The monoisotopic (exact) mass is 364 g/mol. The molecule has 0 unspecified atom stereocenters. The van der Waals surface area contributed by atoms with Gasteiger partial charge in [0.1, 0.15) is 29.5 Å². The lowest BCUT2D eigenvalue weighted by Crippen LogP contribution is -2.16. The topological polar surface area (TPSA) is 121 Å². The van der Waals surface area contributed by atoms with Gasteiger partial charge in [0, 0.05) is 12.3 Å². The molecule has 3 heterocycles. The van der Waals surface area contributed by atoms with E-state index in [9.17, 15) is 4.39 Å². The first-order chi connectivity index (χ1) is 13.0. The number of nitrogens with one attached hydrogen (secondary N) is 1. The number of nitrogens with two attached hydrogens (primary N) is 2. The van der Waals surface area contributed by atoms with Gasteiger partial charge in [0.25, 0.3) is 0 Å². The number of anilines is 3. The smallest absolute Gasteiger partial charge is 0.155 e. The lowest BCUT2D eigenvalue weighted by atomic mass is 10.3. The number of nitrogens with zero attached hydrogens (tertiary/aromatic N) is 5. The number of aromatic nitrogens is 5. The van der Waals surface area contributed by atoms with Crippen molar-refractivity contribution in [2.75, 3.05) is 16.8 Å². The quantitative estimate of drug-likeness (QED) is 0.509. The average Bonchev–Trinajstić information content (AvgIpc) is 3.04. The van der Waals surface area contributed by atoms with Gasteiger partial charge in [-0.1, -0.05) is 6.07 Å². The zero-order valence-electron chi connectivity index (χ0n) is 14.5. The van der Waals surface area contributed by atoms with Gasteiger partial charge < -0.3 is 16.8 Å². The molecule has 0 fully saturated rings. The summed E-state index contributed by atoms with van der Waals surface area (Å²) in [5.41, 5.74) is 13.2. The van der Waals surface area contributed by atoms with Crippen molar-refractivity contribution in [1.29, 1.82) is 0 Å². The van der Waals surface area contributed by atoms with Crippen LogP contribution >= 0.6 is 0 Å². The van der Waals surface area contributed by atoms with E-state index in [1.807, 2.05) is 29.7 Å². The Labute approximate surface area is 154 Å². The van der Waals surface area contributed by atoms with E-state index >= 15 is 0 Å². The average molecular weight is 364 g/mol. The Balaban J connectivity index is 1.84. The standard InChI is InChI=1S/C18H17FN8/c1-10(25-17-15(20)16(21)23-9-24-17)18-26-12-8-11(19)5-6-13(12)27(18)14-4-2-3-7-22-14/h2-10H,20H2,1H3,(H3,21,23,24,25)/t10-/m1/s1. The number of hydrogen-bond acceptors (Lipinski definition) is 7. The molecular weight excluding hydrogens is 347 g/mol. The van der Waals surface area contributed by atoms with Crippen LogP contribution in [0.1, 0.15) is 18.8 Å². The van der Waals surface area contributed by atoms with E-state index in [1.165, 1.54) is 18.5 Å². The van der Waals surface area contributed by atoms with Crippen LogP contribution in [0.4, 0.5) is 21.7 Å². The van der Waals surface area contributed by atoms with Gasteiger partial charge in [-0.3, -0.25) is 4.57 Å². The van der Waals surface area contributed by atoms with Crippen LogP contribution in [-0.4, -0.2) is 24.5 Å². The van der Waals surface area contributed by atoms with Crippen molar-refractivity contribution < 1.29 is 4.39 Å². The molecule has 27 heavy (non-hydrogen) atoms. The minimum absolute atomic E-state index is 0.194. The fourth-order valence-corrected chi connectivity index (χ4v) is 2.88. The first-order valence-corrected chi connectivity index (χ1v) is 8.26. The van der Waals surface area contributed by atoms with Crippen LogP contribution in [0.25, 0.3) is 16.9 Å². The van der Waals surface area contributed by atoms with Crippen LogP contribution in [-0.2, 0) is 0 Å². The second-order valence-electron chi connectivity index (χ2n) is 6.01. The van der Waals surface area contributed by atoms with Gasteiger partial charge in [0.2, 0.25) is 0 Å². The molecule has 0 saturated carbocycles. The van der Waals surface area contributed by atoms with E-state index in [0.717, 1.165) is 5.52 Å². The van der Waals surface area contributed by atoms with Gasteiger partial charge in [-0.05, 0) is 31.2 Å². The van der Waals surface area contributed by atoms with Gasteiger partial charge in [-0.15, -0.1) is 0 Å². The van der Waals surface area contributed by atoms with E-state index in [0.29, 0.717) is 23.0 Å². The molecule has 1 atom stereocenters. The molecule has 1 aromatic carbocycles. The summed E-state index contributed by atoms with van der Waals surface area (Å²) in [4.78, 5) is 17.0. The van der Waals surface area contributed by atoms with Gasteiger partial charge in [0.15, 0.2) is 11.6 Å². The second kappa shape index (κ2) is 6.52. The molecule has 0 aliphatic carbocycles. The Hall–Kier alpha value is -3.75. The number of halogens is 1. The molecule has 0 amide bonds. The third-order valence-corrected chi connectivity index (χ3v) is 4.18. The third kappa shape index (κ3) is 2.99. The summed E-state index contributed by atoms with van der Waals surface area (Å²) in [5, 5.41) is 3.19. The van der Waals surface area contributed by atoms with Crippen LogP contribution in [0.2, 0.25) is 0 Å². The Kier molecular flexibility index (Phi) is 4.03. The minimum Gasteiger partial charge on any atom is -0.393 e. The van der Waals surface area contributed by atoms with Gasteiger partial charge in [0.05, 0.1) is 17.1 Å². The zero-order chi connectivity index (χ0) is 19.0. The maximum Gasteiger partial charge on any atom is 0.155 e. The molecule has 8 nitrogen and oxygen atoms in total. The number of fused-ring (bicyclic) bond motifs is 1. The molecular formula is C18H17FN8. The van der Waals surface area contributed by atoms with Crippen LogP contribution in [0.3, 0.4) is 0 Å². The number of imidazole rings is 1. The summed E-state index contributed by atoms with van der Waals surface area (Å²) in [6, 6.07) is 9.71. The molecule has 0 saturated heterocycles. The highest BCUT2D eigenvalue weighted by atomic mass is 19.1. The Morgan fingerprint density at radius 2 is 1.96 bits per heavy atom. The fraction of sp³-hybridized carbons (Fsp3) is 0.111. The highest BCUT2D eigenvalue weighted by Crippen LogP contribution is 2.28. The molecule has 3 aromatic heterocycles. The van der Waals surface area contributed by atoms with Gasteiger partial charge >= 0.3 is 0 Å². The first-order valence-electron chi connectivity index (χ1n) is 8.26. The predicted molar refractivity (Wildman–Crippen MR) is 102 cm³/mol. The predicted octanol–water partition coefficient (Wildman–Crippen LogP) is 2.69. The summed E-state index contributed by atoms with van der Waals surface area (Å²) in [6.07, 6.45) is 3.02. The number of pyridine rings is 1. The highest BCUT2D eigenvalue weighted by molar-refractivity contribution is 5.78. The number of nitrogen functional groups attached to an aromatic ring is 2. The molecule has 136 valence electrons. The Morgan fingerprint density at radius 1 is 1.11 bits per heavy atom. The summed E-state index contributed by atoms with van der Waals surface area (Å²) >= 11 is 0. The molecule has 0 aliphatic heterocycles. The Morgan fingerprint density at radius 3 is 2.74 bits per heavy atom. The number of hydrogen-bond donors (Lipinski definition) is 3. The molecule has 0 bridgehead atoms. The van der Waals surface area contributed by atoms with Crippen molar-refractivity contribution in [2.45, 2.75) is 13.0 Å². The first kappa shape index (κ1) is 16.7. The van der Waals surface area contributed by atoms with E-state index in [1.54, 1.807) is 12.3 Å². The lowest BCUT2D eigenvalue weighted by Gasteiger charge is -2.17. The normalized spacial score (nSPS) is 12.2. The summed E-state index contributed by atoms with van der Waals surface area (Å²) in [7, 11) is 0. The fourth-order valence-electron chi connectivity index (χ4n) is 2.88. The summed E-state index contributed by atoms with van der Waals surface area (Å²) in [6.45, 7) is 1.90. The molecule has 0 radical (unpaired) electrons. The van der Waals surface area contributed by atoms with Crippen LogP contribution in [0.15, 0.2) is 48.9 Å². The van der Waals surface area contributed by atoms with Crippen LogP contribution in [0, 0.1) is 5.82 Å².